The molecule has 2 aromatic carbocycles. The largest absolute Gasteiger partial charge is 0.271 e. The number of halogens is 1. The van der Waals surface area contributed by atoms with Gasteiger partial charge in [-0.1, -0.05) is 36.0 Å². The molecular formula is C15H12FN3S. The fraction of sp³-hybridized carbons (Fsp3) is 0.0667. The van der Waals surface area contributed by atoms with Crippen molar-refractivity contribution in [3.63, 3.8) is 0 Å². The van der Waals surface area contributed by atoms with Crippen LogP contribution in [0.3, 0.4) is 0 Å². The molecule has 0 saturated carbocycles. The first kappa shape index (κ1) is 14.1. The molecule has 3 nitrogen and oxygen atoms in total. The number of thioether (sulfide) groups is 1. The zero-order valence-corrected chi connectivity index (χ0v) is 11.6. The minimum atomic E-state index is -0.271. The van der Waals surface area contributed by atoms with Crippen LogP contribution in [0.2, 0.25) is 0 Å². The van der Waals surface area contributed by atoms with E-state index in [1.807, 2.05) is 42.8 Å². The smallest absolute Gasteiger partial charge is 0.183 e. The van der Waals surface area contributed by atoms with E-state index in [9.17, 15) is 4.39 Å². The molecule has 5 heteroatoms. The van der Waals surface area contributed by atoms with Gasteiger partial charge in [0, 0.05) is 0 Å². The monoisotopic (exact) mass is 285 g/mol. The summed E-state index contributed by atoms with van der Waals surface area (Å²) in [5.41, 5.74) is 2.38. The molecule has 0 heterocycles. The minimum absolute atomic E-state index is 0.271. The van der Waals surface area contributed by atoms with Crippen LogP contribution in [-0.4, -0.2) is 11.4 Å². The SMILES string of the molecule is CSC(=Nc1cccc(-c2cccc(F)c2)c1)NC#N. The van der Waals surface area contributed by atoms with Crippen LogP contribution in [0.4, 0.5) is 10.1 Å². The zero-order chi connectivity index (χ0) is 14.4. The highest BCUT2D eigenvalue weighted by Gasteiger charge is 2.01. The number of rotatable bonds is 2. The van der Waals surface area contributed by atoms with E-state index >= 15 is 0 Å². The van der Waals surface area contributed by atoms with Gasteiger partial charge in [-0.15, -0.1) is 0 Å². The lowest BCUT2D eigenvalue weighted by Gasteiger charge is -2.04. The maximum Gasteiger partial charge on any atom is 0.183 e. The molecule has 0 unspecified atom stereocenters. The highest BCUT2D eigenvalue weighted by Crippen LogP contribution is 2.25. The Bertz CT molecular complexity index is 677. The Morgan fingerprint density at radius 2 is 1.90 bits per heavy atom. The van der Waals surface area contributed by atoms with Gasteiger partial charge in [0.1, 0.15) is 5.82 Å². The highest BCUT2D eigenvalue weighted by atomic mass is 32.2. The van der Waals surface area contributed by atoms with Crippen LogP contribution in [0.1, 0.15) is 0 Å². The van der Waals surface area contributed by atoms with Gasteiger partial charge in [0.25, 0.3) is 0 Å². The maximum absolute atomic E-state index is 13.2. The van der Waals surface area contributed by atoms with Crippen LogP contribution in [-0.2, 0) is 0 Å². The summed E-state index contributed by atoms with van der Waals surface area (Å²) in [7, 11) is 0. The summed E-state index contributed by atoms with van der Waals surface area (Å²) in [6, 6.07) is 13.8. The van der Waals surface area contributed by atoms with Crippen LogP contribution in [0, 0.1) is 17.3 Å². The number of nitriles is 1. The van der Waals surface area contributed by atoms with Gasteiger partial charge in [0.05, 0.1) is 5.69 Å². The third-order valence-corrected chi connectivity index (χ3v) is 3.17. The molecule has 0 radical (unpaired) electrons. The molecular weight excluding hydrogens is 273 g/mol. The van der Waals surface area contributed by atoms with Crippen molar-refractivity contribution in [2.75, 3.05) is 6.26 Å². The summed E-state index contributed by atoms with van der Waals surface area (Å²) < 4.78 is 13.2. The van der Waals surface area contributed by atoms with Gasteiger partial charge in [0.2, 0.25) is 0 Å². The molecule has 0 amide bonds. The molecule has 0 aliphatic carbocycles. The Kier molecular flexibility index (Phi) is 4.75. The van der Waals surface area contributed by atoms with Crippen LogP contribution in [0.5, 0.6) is 0 Å². The van der Waals surface area contributed by atoms with Gasteiger partial charge >= 0.3 is 0 Å². The molecule has 2 rings (SSSR count). The van der Waals surface area contributed by atoms with Gasteiger partial charge in [0.15, 0.2) is 11.4 Å². The summed E-state index contributed by atoms with van der Waals surface area (Å²) in [6.07, 6.45) is 3.67. The lowest BCUT2D eigenvalue weighted by Crippen LogP contribution is -2.12. The number of amidine groups is 1. The molecule has 0 fully saturated rings. The second-order valence-corrected chi connectivity index (χ2v) is 4.71. The second kappa shape index (κ2) is 6.73. The summed E-state index contributed by atoms with van der Waals surface area (Å²) in [5, 5.41) is 11.6. The third-order valence-electron chi connectivity index (χ3n) is 2.59. The topological polar surface area (TPSA) is 48.2 Å². The Morgan fingerprint density at radius 1 is 1.20 bits per heavy atom. The molecule has 0 atom stereocenters. The average Bonchev–Trinajstić information content (AvgIpc) is 2.47. The van der Waals surface area contributed by atoms with Crippen molar-refractivity contribution in [3.8, 4) is 17.3 Å². The quantitative estimate of drug-likeness (QED) is 0.394. The first-order valence-corrected chi connectivity index (χ1v) is 7.09. The molecule has 0 saturated heterocycles. The van der Waals surface area contributed by atoms with Gasteiger partial charge in [-0.3, -0.25) is 5.32 Å². The predicted octanol–water partition coefficient (Wildman–Crippen LogP) is 3.91. The Hall–Kier alpha value is -2.32. The molecule has 2 aromatic rings. The summed E-state index contributed by atoms with van der Waals surface area (Å²) in [6.45, 7) is 0. The number of hydrogen-bond donors (Lipinski definition) is 1. The van der Waals surface area contributed by atoms with E-state index < -0.39 is 0 Å². The zero-order valence-electron chi connectivity index (χ0n) is 10.8. The van der Waals surface area contributed by atoms with Crippen LogP contribution < -0.4 is 5.32 Å². The maximum atomic E-state index is 13.2. The summed E-state index contributed by atoms with van der Waals surface area (Å²) >= 11 is 1.35. The van der Waals surface area contributed by atoms with Gasteiger partial charge in [-0.2, -0.15) is 5.26 Å². The molecule has 1 N–H and O–H groups in total. The van der Waals surface area contributed by atoms with Crippen molar-refractivity contribution in [1.82, 2.24) is 5.32 Å². The molecule has 0 spiro atoms. The van der Waals surface area contributed by atoms with Crippen LogP contribution in [0.15, 0.2) is 53.5 Å². The molecule has 0 aromatic heterocycles. The normalized spacial score (nSPS) is 10.9. The predicted molar refractivity (Wildman–Crippen MR) is 81.2 cm³/mol. The van der Waals surface area contributed by atoms with E-state index in [0.717, 1.165) is 11.1 Å². The van der Waals surface area contributed by atoms with Gasteiger partial charge in [-0.05, 0) is 41.6 Å². The van der Waals surface area contributed by atoms with E-state index in [2.05, 4.69) is 10.3 Å². The standard InChI is InChI=1S/C15H12FN3S/c1-20-15(18-10-17)19-14-7-3-5-12(9-14)11-4-2-6-13(16)8-11/h2-9H,1H3,(H,18,19). The molecule has 20 heavy (non-hydrogen) atoms. The van der Waals surface area contributed by atoms with Gasteiger partial charge < -0.3 is 0 Å². The van der Waals surface area contributed by atoms with Crippen molar-refractivity contribution in [3.05, 3.63) is 54.3 Å². The van der Waals surface area contributed by atoms with Crippen molar-refractivity contribution >= 4 is 22.6 Å². The fourth-order valence-corrected chi connectivity index (χ4v) is 2.06. The van der Waals surface area contributed by atoms with Crippen molar-refractivity contribution in [1.29, 1.82) is 5.26 Å². The van der Waals surface area contributed by atoms with Crippen LogP contribution in [0.25, 0.3) is 11.1 Å². The van der Waals surface area contributed by atoms with E-state index in [4.69, 9.17) is 5.26 Å². The fourth-order valence-electron chi connectivity index (χ4n) is 1.71. The summed E-state index contributed by atoms with van der Waals surface area (Å²) in [4.78, 5) is 4.33. The summed E-state index contributed by atoms with van der Waals surface area (Å²) in [5.74, 6) is -0.271. The molecule has 0 bridgehead atoms. The van der Waals surface area contributed by atoms with Crippen molar-refractivity contribution < 1.29 is 4.39 Å². The van der Waals surface area contributed by atoms with Gasteiger partial charge in [-0.25, -0.2) is 9.38 Å². The van der Waals surface area contributed by atoms with E-state index in [-0.39, 0.29) is 5.82 Å². The Balaban J connectivity index is 2.36. The lowest BCUT2D eigenvalue weighted by atomic mass is 10.1. The number of benzene rings is 2. The van der Waals surface area contributed by atoms with E-state index in [1.165, 1.54) is 23.9 Å². The third kappa shape index (κ3) is 3.59. The Labute approximate surface area is 121 Å². The van der Waals surface area contributed by atoms with E-state index in [0.29, 0.717) is 10.9 Å². The number of nitrogens with zero attached hydrogens (tertiary/aromatic N) is 2. The first-order valence-electron chi connectivity index (χ1n) is 5.86. The second-order valence-electron chi connectivity index (χ2n) is 3.92. The Morgan fingerprint density at radius 3 is 2.55 bits per heavy atom. The number of aliphatic imine (C=N–C) groups is 1. The van der Waals surface area contributed by atoms with Crippen molar-refractivity contribution in [2.24, 2.45) is 4.99 Å². The number of nitrogens with one attached hydrogen (secondary N) is 1. The minimum Gasteiger partial charge on any atom is -0.271 e. The molecule has 0 aliphatic rings. The van der Waals surface area contributed by atoms with E-state index in [1.54, 1.807) is 6.07 Å². The average molecular weight is 285 g/mol. The molecule has 0 aliphatic heterocycles. The highest BCUT2D eigenvalue weighted by molar-refractivity contribution is 8.13. The van der Waals surface area contributed by atoms with Crippen LogP contribution >= 0.6 is 11.8 Å². The number of hydrogen-bond acceptors (Lipinski definition) is 3. The lowest BCUT2D eigenvalue weighted by molar-refractivity contribution is 0.628. The first-order chi connectivity index (χ1) is 9.72. The van der Waals surface area contributed by atoms with Crippen molar-refractivity contribution in [2.45, 2.75) is 0 Å². The molecule has 100 valence electrons.